The topological polar surface area (TPSA) is 157 Å². The van der Waals surface area contributed by atoms with E-state index in [2.05, 4.69) is 27.5 Å². The second-order valence-electron chi connectivity index (χ2n) is 7.44. The maximum absolute atomic E-state index is 12.6. The van der Waals surface area contributed by atoms with Gasteiger partial charge in [0.25, 0.3) is 11.8 Å². The molecule has 11 nitrogen and oxygen atoms in total. The Bertz CT molecular complexity index is 1050. The van der Waals surface area contributed by atoms with Gasteiger partial charge in [-0.15, -0.1) is 0 Å². The first-order chi connectivity index (χ1) is 16.8. The van der Waals surface area contributed by atoms with E-state index in [1.807, 2.05) is 24.3 Å². The molecule has 0 saturated carbocycles. The number of nitrogens with two attached hydrogens (primary N) is 2. The van der Waals surface area contributed by atoms with Crippen LogP contribution in [0.4, 0.5) is 0 Å². The van der Waals surface area contributed by atoms with E-state index in [4.69, 9.17) is 21.1 Å². The molecule has 35 heavy (non-hydrogen) atoms. The predicted octanol–water partition coefficient (Wildman–Crippen LogP) is 0.925. The number of hydrazine groups is 1. The molecular weight excluding hydrogens is 450 g/mol. The second-order valence-corrected chi connectivity index (χ2v) is 7.44. The van der Waals surface area contributed by atoms with Crippen LogP contribution in [0.3, 0.4) is 0 Å². The minimum Gasteiger partial charge on any atom is -0.481 e. The number of methoxy groups -OCH3 is 2. The van der Waals surface area contributed by atoms with E-state index in [1.165, 1.54) is 31.0 Å². The molecule has 0 radical (unpaired) electrons. The van der Waals surface area contributed by atoms with Crippen molar-refractivity contribution in [2.24, 2.45) is 16.6 Å². The summed E-state index contributed by atoms with van der Waals surface area (Å²) in [5.74, 6) is 5.51. The van der Waals surface area contributed by atoms with Crippen molar-refractivity contribution in [2.75, 3.05) is 34.4 Å². The van der Waals surface area contributed by atoms with E-state index < -0.39 is 17.9 Å². The normalized spacial score (nSPS) is 12.2. The minimum atomic E-state index is -0.497. The Morgan fingerprint density at radius 1 is 1.17 bits per heavy atom. The molecule has 6 N–H and O–H groups in total. The van der Waals surface area contributed by atoms with Gasteiger partial charge in [0.05, 0.1) is 26.8 Å². The van der Waals surface area contributed by atoms with Crippen LogP contribution in [-0.2, 0) is 11.2 Å². The number of nitrogens with zero attached hydrogens (tertiary/aromatic N) is 3. The number of amides is 2. The van der Waals surface area contributed by atoms with Gasteiger partial charge in [-0.1, -0.05) is 31.2 Å². The van der Waals surface area contributed by atoms with Gasteiger partial charge in [-0.2, -0.15) is 4.98 Å². The van der Waals surface area contributed by atoms with Crippen LogP contribution in [0.1, 0.15) is 34.5 Å². The number of carbonyl (C=O) groups is 2. The first-order valence-corrected chi connectivity index (χ1v) is 11.0. The number of aryl methyl sites for hydroxylation is 1. The van der Waals surface area contributed by atoms with E-state index in [1.54, 1.807) is 25.4 Å². The Morgan fingerprint density at radius 3 is 2.49 bits per heavy atom. The summed E-state index contributed by atoms with van der Waals surface area (Å²) in [5.41, 5.74) is 8.17. The van der Waals surface area contributed by atoms with Crippen LogP contribution in [0.15, 0.2) is 53.3 Å². The number of aliphatic imine (C=N–C) groups is 1. The van der Waals surface area contributed by atoms with Gasteiger partial charge in [-0.25, -0.2) is 5.84 Å². The van der Waals surface area contributed by atoms with Crippen LogP contribution in [-0.4, -0.2) is 62.4 Å². The van der Waals surface area contributed by atoms with Crippen LogP contribution in [0.5, 0.6) is 11.8 Å². The van der Waals surface area contributed by atoms with Crippen molar-refractivity contribution in [2.45, 2.75) is 19.4 Å². The Balaban J connectivity index is 1.93. The third-order valence-corrected chi connectivity index (χ3v) is 5.04. The highest BCUT2D eigenvalue weighted by Gasteiger charge is 2.16. The van der Waals surface area contributed by atoms with E-state index in [-0.39, 0.29) is 30.2 Å². The fraction of sp³-hybridized carbons (Fsp3) is 0.333. The lowest BCUT2D eigenvalue weighted by Crippen LogP contribution is -2.38. The number of pyridine rings is 1. The zero-order valence-electron chi connectivity index (χ0n) is 20.4. The Kier molecular flexibility index (Phi) is 10.5. The van der Waals surface area contributed by atoms with Crippen LogP contribution >= 0.6 is 0 Å². The van der Waals surface area contributed by atoms with Gasteiger partial charge in [-0.05, 0) is 23.6 Å². The number of hydrogen-bond acceptors (Lipinski definition) is 9. The lowest BCUT2D eigenvalue weighted by Gasteiger charge is -2.18. The highest BCUT2D eigenvalue weighted by molar-refractivity contribution is 5.96. The minimum absolute atomic E-state index is 0.0838. The van der Waals surface area contributed by atoms with E-state index in [9.17, 15) is 9.59 Å². The fourth-order valence-corrected chi connectivity index (χ4v) is 3.10. The van der Waals surface area contributed by atoms with Crippen molar-refractivity contribution in [3.8, 4) is 11.8 Å². The van der Waals surface area contributed by atoms with Crippen molar-refractivity contribution in [1.82, 2.24) is 20.6 Å². The van der Waals surface area contributed by atoms with Crippen molar-refractivity contribution < 1.29 is 19.1 Å². The van der Waals surface area contributed by atoms with E-state index in [0.29, 0.717) is 5.88 Å². The molecule has 1 heterocycles. The van der Waals surface area contributed by atoms with E-state index >= 15 is 0 Å². The molecule has 0 aliphatic carbocycles. The quantitative estimate of drug-likeness (QED) is 0.150. The third-order valence-electron chi connectivity index (χ3n) is 5.04. The smallest absolute Gasteiger partial charge is 0.269 e. The van der Waals surface area contributed by atoms with Gasteiger partial charge in [0.1, 0.15) is 11.3 Å². The molecule has 1 atom stereocenters. The Hall–Kier alpha value is -4.12. The monoisotopic (exact) mass is 483 g/mol. The van der Waals surface area contributed by atoms with Gasteiger partial charge in [0.2, 0.25) is 11.8 Å². The molecule has 1 aromatic heterocycles. The number of hydrogen-bond donors (Lipinski definition) is 4. The predicted molar refractivity (Wildman–Crippen MR) is 134 cm³/mol. The molecule has 2 rings (SSSR count). The molecule has 0 aliphatic heterocycles. The first kappa shape index (κ1) is 27.1. The van der Waals surface area contributed by atoms with Gasteiger partial charge < -0.3 is 30.8 Å². The summed E-state index contributed by atoms with van der Waals surface area (Å²) >= 11 is 0. The summed E-state index contributed by atoms with van der Waals surface area (Å²) in [6.07, 6.45) is 3.85. The molecule has 0 fully saturated rings. The maximum atomic E-state index is 12.6. The third kappa shape index (κ3) is 8.00. The molecule has 0 bridgehead atoms. The van der Waals surface area contributed by atoms with Crippen molar-refractivity contribution in [3.05, 3.63) is 65.0 Å². The largest absolute Gasteiger partial charge is 0.481 e. The van der Waals surface area contributed by atoms with Crippen LogP contribution in [0.25, 0.3) is 0 Å². The first-order valence-electron chi connectivity index (χ1n) is 11.0. The standard InChI is InChI=1S/C24H33N7O4/c1-5-16-6-8-17(9-7-16)20(14-27-2)29-23(33)19(25)15-31(26)13-12-28-22(32)18-10-11-21(34-3)30-24(18)35-4/h6-11,14-15,20H,5,12-13,25-26H2,1-4H3,(H,28,32)(H,29,33)/b19-15-,27-14?. The van der Waals surface area contributed by atoms with Gasteiger partial charge in [0, 0.05) is 32.1 Å². The second kappa shape index (κ2) is 13.6. The maximum Gasteiger partial charge on any atom is 0.269 e. The zero-order valence-corrected chi connectivity index (χ0v) is 20.4. The summed E-state index contributed by atoms with van der Waals surface area (Å²) in [5, 5.41) is 6.76. The average molecular weight is 484 g/mol. The average Bonchev–Trinajstić information content (AvgIpc) is 2.87. The lowest BCUT2D eigenvalue weighted by molar-refractivity contribution is -0.117. The number of aromatic nitrogens is 1. The summed E-state index contributed by atoms with van der Waals surface area (Å²) in [7, 11) is 4.51. The highest BCUT2D eigenvalue weighted by atomic mass is 16.5. The molecule has 1 aromatic carbocycles. The number of ether oxygens (including phenoxy) is 2. The molecule has 2 aromatic rings. The Labute approximate surface area is 205 Å². The molecule has 0 spiro atoms. The SMILES string of the molecule is CCc1ccc(C(C=NC)NC(=O)/C(N)=C/N(N)CCNC(=O)c2ccc(OC)nc2OC)cc1. The van der Waals surface area contributed by atoms with Crippen molar-refractivity contribution in [3.63, 3.8) is 0 Å². The summed E-state index contributed by atoms with van der Waals surface area (Å²) in [4.78, 5) is 33.2. The Morgan fingerprint density at radius 2 is 1.89 bits per heavy atom. The lowest BCUT2D eigenvalue weighted by atomic mass is 10.0. The van der Waals surface area contributed by atoms with Gasteiger partial charge in [-0.3, -0.25) is 14.6 Å². The van der Waals surface area contributed by atoms with Crippen LogP contribution < -0.4 is 31.7 Å². The molecule has 0 aliphatic rings. The van der Waals surface area contributed by atoms with Gasteiger partial charge in [0.15, 0.2) is 0 Å². The summed E-state index contributed by atoms with van der Waals surface area (Å²) in [6, 6.07) is 10.6. The number of carbonyl (C=O) groups excluding carboxylic acids is 2. The molecule has 188 valence electrons. The molecule has 0 saturated heterocycles. The number of benzene rings is 1. The van der Waals surface area contributed by atoms with Crippen LogP contribution in [0, 0.1) is 0 Å². The van der Waals surface area contributed by atoms with Crippen molar-refractivity contribution in [1.29, 1.82) is 0 Å². The number of nitrogens with one attached hydrogen (secondary N) is 2. The zero-order chi connectivity index (χ0) is 25.8. The summed E-state index contributed by atoms with van der Waals surface area (Å²) < 4.78 is 10.2. The fourth-order valence-electron chi connectivity index (χ4n) is 3.10. The highest BCUT2D eigenvalue weighted by Crippen LogP contribution is 2.19. The van der Waals surface area contributed by atoms with Gasteiger partial charge >= 0.3 is 0 Å². The van der Waals surface area contributed by atoms with Crippen molar-refractivity contribution >= 4 is 18.0 Å². The molecule has 2 amide bonds. The molecular formula is C24H33N7O4. The number of rotatable bonds is 12. The van der Waals surface area contributed by atoms with E-state index in [0.717, 1.165) is 12.0 Å². The van der Waals surface area contributed by atoms with Crippen LogP contribution in [0.2, 0.25) is 0 Å². The molecule has 11 heteroatoms. The molecule has 1 unspecified atom stereocenters. The summed E-state index contributed by atoms with van der Waals surface area (Å²) in [6.45, 7) is 2.46.